The number of rotatable bonds is 4. The second-order valence-electron chi connectivity index (χ2n) is 5.40. The predicted octanol–water partition coefficient (Wildman–Crippen LogP) is 0.516. The molecule has 124 valence electrons. The highest BCUT2D eigenvalue weighted by Gasteiger charge is 2.45. The monoisotopic (exact) mass is 322 g/mol. The Balaban J connectivity index is 1.84. The summed E-state index contributed by atoms with van der Waals surface area (Å²) >= 11 is 0. The molecule has 0 spiro atoms. The van der Waals surface area contributed by atoms with E-state index in [1.807, 2.05) is 30.3 Å². The van der Waals surface area contributed by atoms with E-state index in [2.05, 4.69) is 4.89 Å². The van der Waals surface area contributed by atoms with Crippen LogP contribution in [0, 0.1) is 0 Å². The van der Waals surface area contributed by atoms with Gasteiger partial charge in [-0.2, -0.15) is 0 Å². The maximum Gasteiger partial charge on any atom is 0.195 e. The van der Waals surface area contributed by atoms with Crippen molar-refractivity contribution in [1.29, 1.82) is 0 Å². The van der Waals surface area contributed by atoms with E-state index in [0.29, 0.717) is 5.75 Å². The number of fused-ring (bicyclic) bond motifs is 1. The van der Waals surface area contributed by atoms with Crippen LogP contribution in [0.1, 0.15) is 0 Å². The van der Waals surface area contributed by atoms with Crippen molar-refractivity contribution in [3.63, 3.8) is 0 Å². The quantitative estimate of drug-likeness (QED) is 0.480. The maximum absolute atomic E-state index is 10.2. The van der Waals surface area contributed by atoms with Gasteiger partial charge in [-0.1, -0.05) is 36.4 Å². The number of benzene rings is 2. The molecule has 4 N–H and O–H groups in total. The highest BCUT2D eigenvalue weighted by atomic mass is 17.1. The fourth-order valence-corrected chi connectivity index (χ4v) is 2.70. The predicted molar refractivity (Wildman–Crippen MR) is 79.8 cm³/mol. The van der Waals surface area contributed by atoms with Crippen molar-refractivity contribution in [1.82, 2.24) is 0 Å². The van der Waals surface area contributed by atoms with Crippen LogP contribution in [-0.4, -0.2) is 57.9 Å². The van der Waals surface area contributed by atoms with Gasteiger partial charge in [0.2, 0.25) is 0 Å². The topological polar surface area (TPSA) is 109 Å². The molecule has 0 unspecified atom stereocenters. The molecule has 2 aromatic carbocycles. The fourth-order valence-electron chi connectivity index (χ4n) is 2.70. The zero-order valence-corrected chi connectivity index (χ0v) is 12.1. The smallest absolute Gasteiger partial charge is 0.195 e. The molecule has 3 rings (SSSR count). The third-order valence-electron chi connectivity index (χ3n) is 3.91. The molecule has 7 heteroatoms. The molecule has 1 heterocycles. The van der Waals surface area contributed by atoms with Gasteiger partial charge in [-0.3, -0.25) is 5.26 Å². The number of hydrogen-bond donors (Lipinski definition) is 4. The number of aliphatic hydroxyl groups is 3. The van der Waals surface area contributed by atoms with E-state index in [9.17, 15) is 15.3 Å². The van der Waals surface area contributed by atoms with E-state index in [-0.39, 0.29) is 6.61 Å². The van der Waals surface area contributed by atoms with Crippen LogP contribution in [0.15, 0.2) is 42.5 Å². The molecule has 0 aromatic heterocycles. The third kappa shape index (κ3) is 3.16. The van der Waals surface area contributed by atoms with Crippen molar-refractivity contribution in [2.75, 3.05) is 6.61 Å². The first kappa shape index (κ1) is 16.1. The first-order valence-electron chi connectivity index (χ1n) is 7.22. The van der Waals surface area contributed by atoms with Crippen LogP contribution in [0.25, 0.3) is 10.8 Å². The minimum absolute atomic E-state index is 0.379. The summed E-state index contributed by atoms with van der Waals surface area (Å²) in [6.45, 7) is -0.379. The average Bonchev–Trinajstić information content (AvgIpc) is 2.56. The summed E-state index contributed by atoms with van der Waals surface area (Å²) in [6, 6.07) is 12.9. The Labute approximate surface area is 132 Å². The van der Waals surface area contributed by atoms with E-state index in [0.717, 1.165) is 10.8 Å². The van der Waals surface area contributed by atoms with Gasteiger partial charge in [-0.05, 0) is 11.5 Å². The van der Waals surface area contributed by atoms with Gasteiger partial charge in [0.15, 0.2) is 12.4 Å². The molecule has 1 aliphatic rings. The Morgan fingerprint density at radius 3 is 2.48 bits per heavy atom. The van der Waals surface area contributed by atoms with Crippen molar-refractivity contribution >= 4 is 10.8 Å². The molecule has 0 radical (unpaired) electrons. The minimum Gasteiger partial charge on any atom is -0.482 e. The number of ether oxygens (including phenoxy) is 2. The second kappa shape index (κ2) is 6.79. The lowest BCUT2D eigenvalue weighted by molar-refractivity contribution is -0.320. The average molecular weight is 322 g/mol. The van der Waals surface area contributed by atoms with E-state index < -0.39 is 30.7 Å². The van der Waals surface area contributed by atoms with Gasteiger partial charge in [0.25, 0.3) is 0 Å². The van der Waals surface area contributed by atoms with Gasteiger partial charge in [-0.15, -0.1) is 0 Å². The molecule has 0 amide bonds. The molecule has 1 aliphatic heterocycles. The lowest BCUT2D eigenvalue weighted by atomic mass is 9.99. The largest absolute Gasteiger partial charge is 0.482 e. The summed E-state index contributed by atoms with van der Waals surface area (Å²) in [5.41, 5.74) is 0. The van der Waals surface area contributed by atoms with E-state index >= 15 is 0 Å². The number of aliphatic hydroxyl groups excluding tert-OH is 3. The Bertz CT molecular complexity index is 656. The van der Waals surface area contributed by atoms with Crippen LogP contribution in [0.5, 0.6) is 5.75 Å². The number of hydrogen-bond acceptors (Lipinski definition) is 7. The lowest BCUT2D eigenvalue weighted by Gasteiger charge is -2.40. The Morgan fingerprint density at radius 2 is 1.70 bits per heavy atom. The van der Waals surface area contributed by atoms with E-state index in [1.165, 1.54) is 0 Å². The SMILES string of the molecule is OOC[C@H]1O[C@@H](O)[C@H](Oc2cccc3ccccc23)[C@@H](O)[C@@H]1O. The first-order chi connectivity index (χ1) is 11.1. The maximum atomic E-state index is 10.2. The van der Waals surface area contributed by atoms with Gasteiger partial charge in [0.05, 0.1) is 0 Å². The molecule has 1 fully saturated rings. The molecule has 0 aliphatic carbocycles. The van der Waals surface area contributed by atoms with Crippen molar-refractivity contribution in [3.05, 3.63) is 42.5 Å². The summed E-state index contributed by atoms with van der Waals surface area (Å²) in [5, 5.41) is 40.4. The van der Waals surface area contributed by atoms with Crippen LogP contribution in [-0.2, 0) is 9.62 Å². The van der Waals surface area contributed by atoms with E-state index in [1.54, 1.807) is 12.1 Å². The molecule has 0 bridgehead atoms. The zero-order valence-electron chi connectivity index (χ0n) is 12.1. The van der Waals surface area contributed by atoms with Crippen LogP contribution in [0.4, 0.5) is 0 Å². The van der Waals surface area contributed by atoms with Gasteiger partial charge in [0.1, 0.15) is 30.7 Å². The Morgan fingerprint density at radius 1 is 0.957 bits per heavy atom. The fraction of sp³-hybridized carbons (Fsp3) is 0.375. The highest BCUT2D eigenvalue weighted by molar-refractivity contribution is 5.88. The normalized spacial score (nSPS) is 31.2. The molecule has 23 heavy (non-hydrogen) atoms. The third-order valence-corrected chi connectivity index (χ3v) is 3.91. The minimum atomic E-state index is -1.48. The Kier molecular flexibility index (Phi) is 4.76. The van der Waals surface area contributed by atoms with Gasteiger partial charge < -0.3 is 24.8 Å². The van der Waals surface area contributed by atoms with Gasteiger partial charge in [0, 0.05) is 5.39 Å². The molecular weight excluding hydrogens is 304 g/mol. The van der Waals surface area contributed by atoms with Crippen LogP contribution in [0.2, 0.25) is 0 Å². The second-order valence-corrected chi connectivity index (χ2v) is 5.40. The van der Waals surface area contributed by atoms with Crippen LogP contribution >= 0.6 is 0 Å². The molecule has 0 saturated carbocycles. The standard InChI is InChI=1S/C16H18O7/c17-13-12(8-21-20)23-16(19)15(14(13)18)22-11-7-3-5-9-4-1-2-6-10(9)11/h1-7,12-20H,8H2/t12-,13-,14+,15-,16-/m1/s1. The lowest BCUT2D eigenvalue weighted by Crippen LogP contribution is -2.60. The van der Waals surface area contributed by atoms with Crippen LogP contribution < -0.4 is 4.74 Å². The molecule has 1 saturated heterocycles. The highest BCUT2D eigenvalue weighted by Crippen LogP contribution is 2.30. The summed E-state index contributed by atoms with van der Waals surface area (Å²) in [7, 11) is 0. The van der Waals surface area contributed by atoms with Crippen molar-refractivity contribution in [3.8, 4) is 5.75 Å². The summed E-state index contributed by atoms with van der Waals surface area (Å²) in [5.74, 6) is 0.457. The Hall–Kier alpha value is -1.74. The zero-order chi connectivity index (χ0) is 16.4. The van der Waals surface area contributed by atoms with Crippen LogP contribution in [0.3, 0.4) is 0 Å². The molecule has 7 nitrogen and oxygen atoms in total. The summed E-state index contributed by atoms with van der Waals surface area (Å²) in [6.07, 6.45) is -6.49. The first-order valence-corrected chi connectivity index (χ1v) is 7.22. The van der Waals surface area contributed by atoms with Gasteiger partial charge >= 0.3 is 0 Å². The molecule has 2 aromatic rings. The van der Waals surface area contributed by atoms with E-state index in [4.69, 9.17) is 14.7 Å². The summed E-state index contributed by atoms with van der Waals surface area (Å²) < 4.78 is 10.8. The molecular formula is C16H18O7. The van der Waals surface area contributed by atoms with Crippen molar-refractivity contribution in [2.24, 2.45) is 0 Å². The summed E-state index contributed by atoms with van der Waals surface area (Å²) in [4.78, 5) is 3.91. The van der Waals surface area contributed by atoms with Crippen molar-refractivity contribution in [2.45, 2.75) is 30.7 Å². The van der Waals surface area contributed by atoms with Gasteiger partial charge in [-0.25, -0.2) is 4.89 Å². The molecule has 5 atom stereocenters. The van der Waals surface area contributed by atoms with Crippen molar-refractivity contribution < 1.29 is 34.9 Å².